The minimum absolute atomic E-state index is 0.0254. The molecule has 3 atom stereocenters. The fourth-order valence-electron chi connectivity index (χ4n) is 5.83. The van der Waals surface area contributed by atoms with E-state index in [4.69, 9.17) is 4.74 Å². The highest BCUT2D eigenvalue weighted by molar-refractivity contribution is 7.92. The lowest BCUT2D eigenvalue weighted by Gasteiger charge is -2.35. The fraction of sp³-hybridized carbons (Fsp3) is 0.581. The first kappa shape index (κ1) is 30.3. The Balaban J connectivity index is 1.60. The molecule has 1 aliphatic carbocycles. The second-order valence-corrected chi connectivity index (χ2v) is 13.5. The number of benzene rings is 2. The van der Waals surface area contributed by atoms with Crippen LogP contribution < -0.4 is 9.46 Å². The van der Waals surface area contributed by atoms with Crippen molar-refractivity contribution in [2.75, 3.05) is 38.0 Å². The van der Waals surface area contributed by atoms with Crippen molar-refractivity contribution in [1.29, 1.82) is 0 Å². The summed E-state index contributed by atoms with van der Waals surface area (Å²) in [5.41, 5.74) is 1.97. The maximum atomic E-state index is 13.5. The Hall–Kier alpha value is -2.62. The van der Waals surface area contributed by atoms with Crippen LogP contribution in [0, 0.1) is 18.8 Å². The van der Waals surface area contributed by atoms with E-state index < -0.39 is 10.0 Å². The summed E-state index contributed by atoms with van der Waals surface area (Å²) in [6, 6.07) is 11.5. The Labute approximate surface area is 239 Å². The van der Waals surface area contributed by atoms with Gasteiger partial charge in [0.05, 0.1) is 24.0 Å². The van der Waals surface area contributed by atoms with E-state index in [1.807, 2.05) is 13.8 Å². The quantitative estimate of drug-likeness (QED) is 0.461. The van der Waals surface area contributed by atoms with Gasteiger partial charge in [-0.15, -0.1) is 0 Å². The van der Waals surface area contributed by atoms with Crippen molar-refractivity contribution in [3.05, 3.63) is 53.6 Å². The Bertz CT molecular complexity index is 1240. The lowest BCUT2D eigenvalue weighted by atomic mass is 9.89. The number of hydrogen-bond acceptors (Lipinski definition) is 6. The molecule has 1 amide bonds. The molecule has 2 aliphatic rings. The van der Waals surface area contributed by atoms with Gasteiger partial charge >= 0.3 is 0 Å². The van der Waals surface area contributed by atoms with Gasteiger partial charge in [0, 0.05) is 36.8 Å². The molecule has 1 heterocycles. The number of ether oxygens (including phenoxy) is 1. The molecule has 0 aromatic heterocycles. The second kappa shape index (κ2) is 13.4. The first-order valence-corrected chi connectivity index (χ1v) is 16.0. The predicted molar refractivity (Wildman–Crippen MR) is 158 cm³/mol. The van der Waals surface area contributed by atoms with Crippen molar-refractivity contribution in [1.82, 2.24) is 9.80 Å². The van der Waals surface area contributed by atoms with Gasteiger partial charge in [0.15, 0.2) is 0 Å². The number of carbonyl (C=O) groups is 1. The Morgan fingerprint density at radius 3 is 2.48 bits per heavy atom. The monoisotopic (exact) mass is 571 g/mol. The summed E-state index contributed by atoms with van der Waals surface area (Å²) < 4.78 is 35.3. The van der Waals surface area contributed by atoms with Crippen molar-refractivity contribution < 1.29 is 23.1 Å². The third kappa shape index (κ3) is 7.77. The van der Waals surface area contributed by atoms with Gasteiger partial charge in [-0.25, -0.2) is 8.42 Å². The molecule has 2 aromatic rings. The summed E-state index contributed by atoms with van der Waals surface area (Å²) in [6.45, 7) is 7.93. The van der Waals surface area contributed by atoms with Crippen LogP contribution >= 0.6 is 0 Å². The third-order valence-corrected chi connectivity index (χ3v) is 9.68. The average Bonchev–Trinajstić information content (AvgIpc) is 2.96. The molecule has 220 valence electrons. The molecule has 40 heavy (non-hydrogen) atoms. The molecule has 0 saturated heterocycles. The van der Waals surface area contributed by atoms with Crippen LogP contribution in [-0.2, 0) is 21.2 Å². The fourth-order valence-corrected chi connectivity index (χ4v) is 6.88. The van der Waals surface area contributed by atoms with Crippen LogP contribution in [0.2, 0.25) is 0 Å². The first-order chi connectivity index (χ1) is 19.1. The van der Waals surface area contributed by atoms with Crippen LogP contribution in [0.1, 0.15) is 57.1 Å². The van der Waals surface area contributed by atoms with Crippen LogP contribution in [0.4, 0.5) is 5.69 Å². The standard InChI is InChI=1S/C31H45N3O5S/c1-22-10-13-28(14-11-22)40(37,38)32-27-12-15-29-26(16-27)17-31(36)34(24(3)21-35)18-23(2)30(39-29)20-33(4)19-25-8-6-5-7-9-25/h10-16,23-25,30,32,35H,5-9,17-21H2,1-4H3/t23-,24+,30+/m1/s1. The van der Waals surface area contributed by atoms with E-state index in [1.165, 1.54) is 32.1 Å². The summed E-state index contributed by atoms with van der Waals surface area (Å²) in [6.07, 6.45) is 6.34. The van der Waals surface area contributed by atoms with E-state index in [9.17, 15) is 18.3 Å². The molecule has 1 fully saturated rings. The lowest BCUT2D eigenvalue weighted by Crippen LogP contribution is -2.48. The van der Waals surface area contributed by atoms with Crippen LogP contribution in [0.25, 0.3) is 0 Å². The van der Waals surface area contributed by atoms with E-state index in [0.29, 0.717) is 36.0 Å². The largest absolute Gasteiger partial charge is 0.488 e. The predicted octanol–water partition coefficient (Wildman–Crippen LogP) is 4.46. The zero-order chi connectivity index (χ0) is 28.9. The number of amides is 1. The third-order valence-electron chi connectivity index (χ3n) is 8.29. The highest BCUT2D eigenvalue weighted by Crippen LogP contribution is 2.31. The Morgan fingerprint density at radius 1 is 1.10 bits per heavy atom. The minimum Gasteiger partial charge on any atom is -0.488 e. The summed E-state index contributed by atoms with van der Waals surface area (Å²) in [5, 5.41) is 9.90. The summed E-state index contributed by atoms with van der Waals surface area (Å²) in [4.78, 5) is 17.7. The van der Waals surface area contributed by atoms with Gasteiger partial charge in [0.25, 0.3) is 10.0 Å². The van der Waals surface area contributed by atoms with Crippen molar-refractivity contribution in [3.63, 3.8) is 0 Å². The average molecular weight is 572 g/mol. The molecule has 9 heteroatoms. The number of aliphatic hydroxyl groups excluding tert-OH is 1. The van der Waals surface area contributed by atoms with Crippen LogP contribution in [0.15, 0.2) is 47.4 Å². The number of aryl methyl sites for hydroxylation is 1. The number of nitrogens with zero attached hydrogens (tertiary/aromatic N) is 2. The lowest BCUT2D eigenvalue weighted by molar-refractivity contribution is -0.134. The van der Waals surface area contributed by atoms with E-state index in [2.05, 4.69) is 23.6 Å². The molecular weight excluding hydrogens is 526 g/mol. The van der Waals surface area contributed by atoms with E-state index in [0.717, 1.165) is 12.1 Å². The van der Waals surface area contributed by atoms with Gasteiger partial charge in [-0.2, -0.15) is 0 Å². The maximum Gasteiger partial charge on any atom is 0.261 e. The van der Waals surface area contributed by atoms with Crippen LogP contribution in [0.5, 0.6) is 5.75 Å². The molecule has 4 rings (SSSR count). The highest BCUT2D eigenvalue weighted by atomic mass is 32.2. The van der Waals surface area contributed by atoms with Gasteiger partial charge in [0.1, 0.15) is 11.9 Å². The summed E-state index contributed by atoms with van der Waals surface area (Å²) >= 11 is 0. The molecule has 0 spiro atoms. The number of likely N-dealkylation sites (N-methyl/N-ethyl adjacent to an activating group) is 1. The number of fused-ring (bicyclic) bond motifs is 1. The molecule has 0 bridgehead atoms. The van der Waals surface area contributed by atoms with E-state index >= 15 is 0 Å². The first-order valence-electron chi connectivity index (χ1n) is 14.5. The van der Waals surface area contributed by atoms with Crippen LogP contribution in [0.3, 0.4) is 0 Å². The molecular formula is C31H45N3O5S. The molecule has 1 saturated carbocycles. The topological polar surface area (TPSA) is 99.2 Å². The normalized spacial score (nSPS) is 21.6. The molecule has 8 nitrogen and oxygen atoms in total. The van der Waals surface area contributed by atoms with Gasteiger partial charge in [0.2, 0.25) is 5.91 Å². The van der Waals surface area contributed by atoms with Crippen LogP contribution in [-0.4, -0.2) is 74.7 Å². The number of sulfonamides is 1. The number of hydrogen-bond donors (Lipinski definition) is 2. The minimum atomic E-state index is -3.80. The molecule has 0 unspecified atom stereocenters. The number of aliphatic hydroxyl groups is 1. The summed E-state index contributed by atoms with van der Waals surface area (Å²) in [7, 11) is -1.66. The van der Waals surface area contributed by atoms with Gasteiger partial charge in [-0.05, 0) is 70.0 Å². The maximum absolute atomic E-state index is 13.5. The van der Waals surface area contributed by atoms with Crippen molar-refractivity contribution in [2.24, 2.45) is 11.8 Å². The molecule has 0 radical (unpaired) electrons. The molecule has 2 N–H and O–H groups in total. The SMILES string of the molecule is Cc1ccc(S(=O)(=O)Nc2ccc3c(c2)CC(=O)N([C@@H](C)CO)C[C@@H](C)[C@H](CN(C)CC2CCCCC2)O3)cc1. The zero-order valence-corrected chi connectivity index (χ0v) is 25.1. The van der Waals surface area contributed by atoms with Crippen molar-refractivity contribution in [2.45, 2.75) is 76.3 Å². The number of rotatable bonds is 9. The Morgan fingerprint density at radius 2 is 1.80 bits per heavy atom. The summed E-state index contributed by atoms with van der Waals surface area (Å²) in [5.74, 6) is 1.20. The van der Waals surface area contributed by atoms with Gasteiger partial charge < -0.3 is 19.6 Å². The zero-order valence-electron chi connectivity index (χ0n) is 24.3. The van der Waals surface area contributed by atoms with Gasteiger partial charge in [-0.1, -0.05) is 43.9 Å². The number of nitrogens with one attached hydrogen (secondary N) is 1. The highest BCUT2D eigenvalue weighted by Gasteiger charge is 2.31. The van der Waals surface area contributed by atoms with E-state index in [-0.39, 0.29) is 41.9 Å². The van der Waals surface area contributed by atoms with E-state index in [1.54, 1.807) is 47.4 Å². The van der Waals surface area contributed by atoms with Gasteiger partial charge in [-0.3, -0.25) is 9.52 Å². The number of anilines is 1. The molecule has 1 aliphatic heterocycles. The number of carbonyl (C=O) groups excluding carboxylic acids is 1. The van der Waals surface area contributed by atoms with Crippen molar-refractivity contribution >= 4 is 21.6 Å². The smallest absolute Gasteiger partial charge is 0.261 e. The Kier molecular flexibility index (Phi) is 10.1. The second-order valence-electron chi connectivity index (χ2n) is 11.9. The molecule has 2 aromatic carbocycles. The van der Waals surface area contributed by atoms with Crippen molar-refractivity contribution in [3.8, 4) is 5.75 Å².